The summed E-state index contributed by atoms with van der Waals surface area (Å²) < 4.78 is 0. The lowest BCUT2D eigenvalue weighted by Crippen LogP contribution is -2.40. The maximum atomic E-state index is 3.80. The van der Waals surface area contributed by atoms with E-state index >= 15 is 0 Å². The van der Waals surface area contributed by atoms with Crippen molar-refractivity contribution in [3.63, 3.8) is 0 Å². The molecule has 0 saturated heterocycles. The van der Waals surface area contributed by atoms with Gasteiger partial charge in [0.15, 0.2) is 0 Å². The standard InChI is InChI=1S/C17H33N/c1-3-14-9-8-10-15(13-14)16-11-6-5-7-12-17(16)18-4-2/h14-18H,3-13H2,1-2H3. The van der Waals surface area contributed by atoms with Crippen LogP contribution in [-0.2, 0) is 0 Å². The Morgan fingerprint density at radius 3 is 2.50 bits per heavy atom. The van der Waals surface area contributed by atoms with Gasteiger partial charge in [-0.25, -0.2) is 0 Å². The summed E-state index contributed by atoms with van der Waals surface area (Å²) in [7, 11) is 0. The highest BCUT2D eigenvalue weighted by molar-refractivity contribution is 4.87. The van der Waals surface area contributed by atoms with E-state index in [-0.39, 0.29) is 0 Å². The number of hydrogen-bond acceptors (Lipinski definition) is 1. The lowest BCUT2D eigenvalue weighted by molar-refractivity contribution is 0.150. The number of rotatable bonds is 4. The molecule has 2 saturated carbocycles. The van der Waals surface area contributed by atoms with Crippen LogP contribution in [0.4, 0.5) is 0 Å². The predicted molar refractivity (Wildman–Crippen MR) is 79.8 cm³/mol. The highest BCUT2D eigenvalue weighted by Gasteiger charge is 2.33. The van der Waals surface area contributed by atoms with E-state index in [1.165, 1.54) is 64.2 Å². The second kappa shape index (κ2) is 7.53. The molecule has 4 atom stereocenters. The van der Waals surface area contributed by atoms with Crippen molar-refractivity contribution in [3.05, 3.63) is 0 Å². The fraction of sp³-hybridized carbons (Fsp3) is 1.00. The smallest absolute Gasteiger partial charge is 0.00978 e. The van der Waals surface area contributed by atoms with Gasteiger partial charge < -0.3 is 5.32 Å². The van der Waals surface area contributed by atoms with Gasteiger partial charge in [0, 0.05) is 6.04 Å². The number of hydrogen-bond donors (Lipinski definition) is 1. The molecule has 0 amide bonds. The second-order valence-corrected chi connectivity index (χ2v) is 6.67. The minimum absolute atomic E-state index is 0.832. The van der Waals surface area contributed by atoms with Crippen LogP contribution in [0.2, 0.25) is 0 Å². The van der Waals surface area contributed by atoms with E-state index in [9.17, 15) is 0 Å². The van der Waals surface area contributed by atoms with Gasteiger partial charge in [-0.15, -0.1) is 0 Å². The molecule has 4 unspecified atom stereocenters. The van der Waals surface area contributed by atoms with Gasteiger partial charge in [-0.3, -0.25) is 0 Å². The summed E-state index contributed by atoms with van der Waals surface area (Å²) in [4.78, 5) is 0. The topological polar surface area (TPSA) is 12.0 Å². The summed E-state index contributed by atoms with van der Waals surface area (Å²) in [5.74, 6) is 3.06. The van der Waals surface area contributed by atoms with Crippen LogP contribution in [0.5, 0.6) is 0 Å². The summed E-state index contributed by atoms with van der Waals surface area (Å²) in [5, 5.41) is 3.80. The number of nitrogens with one attached hydrogen (secondary N) is 1. The largest absolute Gasteiger partial charge is 0.314 e. The van der Waals surface area contributed by atoms with E-state index in [0.29, 0.717) is 0 Å². The molecule has 1 nitrogen and oxygen atoms in total. The first-order valence-electron chi connectivity index (χ1n) is 8.58. The molecule has 18 heavy (non-hydrogen) atoms. The van der Waals surface area contributed by atoms with Gasteiger partial charge in [0.1, 0.15) is 0 Å². The van der Waals surface area contributed by atoms with Gasteiger partial charge >= 0.3 is 0 Å². The zero-order valence-corrected chi connectivity index (χ0v) is 12.6. The van der Waals surface area contributed by atoms with Crippen molar-refractivity contribution in [1.29, 1.82) is 0 Å². The Labute approximate surface area is 114 Å². The van der Waals surface area contributed by atoms with E-state index in [0.717, 1.165) is 30.3 Å². The Morgan fingerprint density at radius 1 is 0.889 bits per heavy atom. The molecule has 1 N–H and O–H groups in total. The van der Waals surface area contributed by atoms with Crippen molar-refractivity contribution < 1.29 is 0 Å². The minimum atomic E-state index is 0.832. The molecule has 106 valence electrons. The summed E-state index contributed by atoms with van der Waals surface area (Å²) in [6.07, 6.45) is 14.8. The van der Waals surface area contributed by atoms with Crippen LogP contribution < -0.4 is 5.32 Å². The first-order chi connectivity index (χ1) is 8.85. The monoisotopic (exact) mass is 251 g/mol. The fourth-order valence-electron chi connectivity index (χ4n) is 4.51. The highest BCUT2D eigenvalue weighted by Crippen LogP contribution is 2.40. The third-order valence-corrected chi connectivity index (χ3v) is 5.54. The SMILES string of the molecule is CCNC1CCCCCC1C1CCCC(CC)C1. The van der Waals surface area contributed by atoms with Crippen LogP contribution in [0.1, 0.15) is 78.1 Å². The molecule has 2 rings (SSSR count). The van der Waals surface area contributed by atoms with Crippen molar-refractivity contribution >= 4 is 0 Å². The van der Waals surface area contributed by atoms with E-state index in [1.54, 1.807) is 0 Å². The van der Waals surface area contributed by atoms with Crippen LogP contribution >= 0.6 is 0 Å². The van der Waals surface area contributed by atoms with Crippen LogP contribution in [0.3, 0.4) is 0 Å². The third kappa shape index (κ3) is 3.73. The normalized spacial score (nSPS) is 38.3. The quantitative estimate of drug-likeness (QED) is 0.710. The Bertz CT molecular complexity index is 226. The molecule has 0 radical (unpaired) electrons. The Hall–Kier alpha value is -0.0400. The molecule has 0 aromatic heterocycles. The average molecular weight is 251 g/mol. The van der Waals surface area contributed by atoms with Gasteiger partial charge in [0.05, 0.1) is 0 Å². The van der Waals surface area contributed by atoms with Gasteiger partial charge in [-0.2, -0.15) is 0 Å². The first kappa shape index (κ1) is 14.4. The molecular weight excluding hydrogens is 218 g/mol. The van der Waals surface area contributed by atoms with Gasteiger partial charge in [0.25, 0.3) is 0 Å². The molecule has 0 bridgehead atoms. The Balaban J connectivity index is 1.97. The predicted octanol–water partition coefficient (Wildman–Crippen LogP) is 4.76. The van der Waals surface area contributed by atoms with Crippen LogP contribution in [0, 0.1) is 17.8 Å². The summed E-state index contributed by atoms with van der Waals surface area (Å²) in [6.45, 7) is 5.82. The average Bonchev–Trinajstić information content (AvgIpc) is 2.65. The lowest BCUT2D eigenvalue weighted by Gasteiger charge is -2.38. The lowest BCUT2D eigenvalue weighted by atomic mass is 9.70. The Morgan fingerprint density at radius 2 is 1.72 bits per heavy atom. The van der Waals surface area contributed by atoms with Crippen molar-refractivity contribution in [1.82, 2.24) is 5.32 Å². The maximum absolute atomic E-state index is 3.80. The van der Waals surface area contributed by atoms with E-state index in [2.05, 4.69) is 19.2 Å². The zero-order valence-electron chi connectivity index (χ0n) is 12.6. The van der Waals surface area contributed by atoms with E-state index < -0.39 is 0 Å². The summed E-state index contributed by atoms with van der Waals surface area (Å²) in [6, 6.07) is 0.832. The molecule has 2 fully saturated rings. The molecule has 1 heteroatoms. The van der Waals surface area contributed by atoms with Crippen molar-refractivity contribution in [2.75, 3.05) is 6.54 Å². The molecule has 0 spiro atoms. The Kier molecular flexibility index (Phi) is 6.01. The van der Waals surface area contributed by atoms with Crippen LogP contribution in [0.15, 0.2) is 0 Å². The minimum Gasteiger partial charge on any atom is -0.314 e. The molecule has 0 heterocycles. The van der Waals surface area contributed by atoms with Crippen molar-refractivity contribution in [2.24, 2.45) is 17.8 Å². The molecular formula is C17H33N. The molecule has 0 aromatic rings. The highest BCUT2D eigenvalue weighted by atomic mass is 14.9. The van der Waals surface area contributed by atoms with Crippen molar-refractivity contribution in [2.45, 2.75) is 84.1 Å². The van der Waals surface area contributed by atoms with Crippen LogP contribution in [0.25, 0.3) is 0 Å². The second-order valence-electron chi connectivity index (χ2n) is 6.67. The van der Waals surface area contributed by atoms with E-state index in [1.807, 2.05) is 0 Å². The third-order valence-electron chi connectivity index (χ3n) is 5.54. The summed E-state index contributed by atoms with van der Waals surface area (Å²) in [5.41, 5.74) is 0. The van der Waals surface area contributed by atoms with Gasteiger partial charge in [-0.1, -0.05) is 58.8 Å². The maximum Gasteiger partial charge on any atom is 0.00978 e. The van der Waals surface area contributed by atoms with Gasteiger partial charge in [0.2, 0.25) is 0 Å². The van der Waals surface area contributed by atoms with Crippen LogP contribution in [-0.4, -0.2) is 12.6 Å². The van der Waals surface area contributed by atoms with E-state index in [4.69, 9.17) is 0 Å². The first-order valence-corrected chi connectivity index (χ1v) is 8.58. The fourth-order valence-corrected chi connectivity index (χ4v) is 4.51. The molecule has 0 aliphatic heterocycles. The van der Waals surface area contributed by atoms with Gasteiger partial charge in [-0.05, 0) is 43.6 Å². The molecule has 2 aliphatic rings. The molecule has 2 aliphatic carbocycles. The zero-order chi connectivity index (χ0) is 12.8. The van der Waals surface area contributed by atoms with Crippen molar-refractivity contribution in [3.8, 4) is 0 Å². The summed E-state index contributed by atoms with van der Waals surface area (Å²) >= 11 is 0. The molecule has 0 aromatic carbocycles.